The van der Waals surface area contributed by atoms with Crippen molar-refractivity contribution in [2.45, 2.75) is 11.3 Å². The fourth-order valence-corrected chi connectivity index (χ4v) is 4.04. The zero-order valence-electron chi connectivity index (χ0n) is 16.4. The predicted octanol–water partition coefficient (Wildman–Crippen LogP) is 4.51. The van der Waals surface area contributed by atoms with Gasteiger partial charge < -0.3 is 10.6 Å². The quantitative estimate of drug-likeness (QED) is 0.409. The molecule has 0 aliphatic heterocycles. The number of amides is 1. The molecule has 1 amide bonds. The molecular formula is C22H21ClFN3O3S. The van der Waals surface area contributed by atoms with Crippen LogP contribution in [0.2, 0.25) is 5.02 Å². The van der Waals surface area contributed by atoms with Gasteiger partial charge in [0.05, 0.1) is 15.5 Å². The number of rotatable bonds is 9. The maximum absolute atomic E-state index is 13.0. The summed E-state index contributed by atoms with van der Waals surface area (Å²) in [7, 11) is -3.98. The van der Waals surface area contributed by atoms with Gasteiger partial charge in [-0.2, -0.15) is 0 Å². The van der Waals surface area contributed by atoms with Crippen LogP contribution in [0.4, 0.5) is 15.8 Å². The fourth-order valence-electron chi connectivity index (χ4n) is 2.75. The van der Waals surface area contributed by atoms with Crippen molar-refractivity contribution >= 4 is 38.9 Å². The number of halogens is 2. The Morgan fingerprint density at radius 3 is 2.32 bits per heavy atom. The smallest absolute Gasteiger partial charge is 0.261 e. The number of hydrogen-bond acceptors (Lipinski definition) is 4. The van der Waals surface area contributed by atoms with Gasteiger partial charge >= 0.3 is 0 Å². The van der Waals surface area contributed by atoms with E-state index in [-0.39, 0.29) is 21.2 Å². The topological polar surface area (TPSA) is 87.3 Å². The summed E-state index contributed by atoms with van der Waals surface area (Å²) in [4.78, 5) is 12.4. The molecule has 0 spiro atoms. The van der Waals surface area contributed by atoms with E-state index in [1.54, 1.807) is 0 Å². The number of hydrogen-bond donors (Lipinski definition) is 3. The van der Waals surface area contributed by atoms with E-state index in [9.17, 15) is 17.6 Å². The van der Waals surface area contributed by atoms with Gasteiger partial charge in [0, 0.05) is 24.5 Å². The van der Waals surface area contributed by atoms with E-state index in [0.29, 0.717) is 19.5 Å². The number of nitrogens with one attached hydrogen (secondary N) is 3. The summed E-state index contributed by atoms with van der Waals surface area (Å²) in [6.07, 6.45) is 0.669. The van der Waals surface area contributed by atoms with Crippen LogP contribution >= 0.6 is 11.6 Å². The molecule has 9 heteroatoms. The lowest BCUT2D eigenvalue weighted by atomic mass is 10.2. The van der Waals surface area contributed by atoms with Crippen LogP contribution in [-0.4, -0.2) is 27.4 Å². The van der Waals surface area contributed by atoms with Crippen LogP contribution in [0.25, 0.3) is 0 Å². The molecule has 31 heavy (non-hydrogen) atoms. The Labute approximate surface area is 185 Å². The molecule has 162 valence electrons. The lowest BCUT2D eigenvalue weighted by Crippen LogP contribution is -2.26. The molecule has 0 fully saturated rings. The average Bonchev–Trinajstić information content (AvgIpc) is 2.75. The molecule has 0 saturated heterocycles. The molecule has 0 atom stereocenters. The summed E-state index contributed by atoms with van der Waals surface area (Å²) in [6, 6.07) is 18.5. The molecule has 0 aromatic heterocycles. The van der Waals surface area contributed by atoms with Crippen molar-refractivity contribution in [3.8, 4) is 0 Å². The molecule has 0 bridgehead atoms. The Balaban J connectivity index is 1.60. The Kier molecular flexibility index (Phi) is 7.49. The Morgan fingerprint density at radius 2 is 1.61 bits per heavy atom. The highest BCUT2D eigenvalue weighted by Crippen LogP contribution is 2.23. The minimum absolute atomic E-state index is 0.0552. The van der Waals surface area contributed by atoms with E-state index in [2.05, 4.69) is 15.4 Å². The Bertz CT molecular complexity index is 1140. The second-order valence-corrected chi connectivity index (χ2v) is 8.75. The third kappa shape index (κ3) is 6.44. The van der Waals surface area contributed by atoms with Gasteiger partial charge in [0.15, 0.2) is 0 Å². The Hall–Kier alpha value is -3.10. The van der Waals surface area contributed by atoms with Gasteiger partial charge in [0.2, 0.25) is 0 Å². The van der Waals surface area contributed by atoms with Gasteiger partial charge in [0.25, 0.3) is 15.9 Å². The van der Waals surface area contributed by atoms with Crippen LogP contribution < -0.4 is 15.4 Å². The summed E-state index contributed by atoms with van der Waals surface area (Å²) in [5.74, 6) is -0.948. The largest absolute Gasteiger partial charge is 0.385 e. The Morgan fingerprint density at radius 1 is 0.903 bits per heavy atom. The molecule has 6 nitrogen and oxygen atoms in total. The van der Waals surface area contributed by atoms with Gasteiger partial charge in [-0.25, -0.2) is 12.8 Å². The summed E-state index contributed by atoms with van der Waals surface area (Å²) in [6.45, 7) is 1.05. The van der Waals surface area contributed by atoms with Crippen molar-refractivity contribution in [1.29, 1.82) is 0 Å². The molecule has 0 aliphatic rings. The van der Waals surface area contributed by atoms with E-state index < -0.39 is 21.7 Å². The van der Waals surface area contributed by atoms with Gasteiger partial charge in [-0.3, -0.25) is 9.52 Å². The molecule has 0 heterocycles. The van der Waals surface area contributed by atoms with Crippen molar-refractivity contribution in [3.05, 3.63) is 89.2 Å². The second-order valence-electron chi connectivity index (χ2n) is 6.66. The predicted molar refractivity (Wildman–Crippen MR) is 121 cm³/mol. The third-order valence-corrected chi connectivity index (χ3v) is 6.04. The molecular weight excluding hydrogens is 441 g/mol. The van der Waals surface area contributed by atoms with E-state index >= 15 is 0 Å². The van der Waals surface area contributed by atoms with E-state index in [1.807, 2.05) is 30.3 Å². The first kappa shape index (κ1) is 22.6. The fraction of sp³-hybridized carbons (Fsp3) is 0.136. The van der Waals surface area contributed by atoms with Gasteiger partial charge in [-0.05, 0) is 61.0 Å². The summed E-state index contributed by atoms with van der Waals surface area (Å²) in [5.41, 5.74) is 1.25. The summed E-state index contributed by atoms with van der Waals surface area (Å²) < 4.78 is 40.6. The second kappa shape index (κ2) is 10.3. The lowest BCUT2D eigenvalue weighted by Gasteiger charge is -2.11. The van der Waals surface area contributed by atoms with Crippen molar-refractivity contribution in [2.75, 3.05) is 23.1 Å². The van der Waals surface area contributed by atoms with Crippen LogP contribution in [0.15, 0.2) is 77.7 Å². The molecule has 3 aromatic carbocycles. The molecule has 0 aliphatic carbocycles. The average molecular weight is 462 g/mol. The van der Waals surface area contributed by atoms with Crippen molar-refractivity contribution in [1.82, 2.24) is 5.32 Å². The molecule has 3 N–H and O–H groups in total. The third-order valence-electron chi connectivity index (χ3n) is 4.33. The highest BCUT2D eigenvalue weighted by molar-refractivity contribution is 7.92. The number of carbonyl (C=O) groups excluding carboxylic acids is 1. The molecule has 3 rings (SSSR count). The maximum Gasteiger partial charge on any atom is 0.261 e. The monoisotopic (exact) mass is 461 g/mol. The first-order valence-corrected chi connectivity index (χ1v) is 11.4. The SMILES string of the molecule is O=C(NCCCNc1ccccc1)c1cc(S(=O)(=O)Nc2ccc(F)cc2)ccc1Cl. The van der Waals surface area contributed by atoms with E-state index in [4.69, 9.17) is 11.6 Å². The number of para-hydroxylation sites is 1. The number of carbonyl (C=O) groups is 1. The summed E-state index contributed by atoms with van der Waals surface area (Å²) >= 11 is 6.11. The minimum atomic E-state index is -3.98. The molecule has 0 saturated carbocycles. The van der Waals surface area contributed by atoms with Crippen LogP contribution in [0, 0.1) is 5.82 Å². The van der Waals surface area contributed by atoms with Crippen molar-refractivity contribution in [2.24, 2.45) is 0 Å². The minimum Gasteiger partial charge on any atom is -0.385 e. The van der Waals surface area contributed by atoms with Crippen molar-refractivity contribution in [3.63, 3.8) is 0 Å². The summed E-state index contributed by atoms with van der Waals surface area (Å²) in [5, 5.41) is 6.12. The molecule has 3 aromatic rings. The zero-order chi connectivity index (χ0) is 22.3. The van der Waals surface area contributed by atoms with Crippen LogP contribution in [-0.2, 0) is 10.0 Å². The highest BCUT2D eigenvalue weighted by atomic mass is 35.5. The lowest BCUT2D eigenvalue weighted by molar-refractivity contribution is 0.0953. The van der Waals surface area contributed by atoms with Gasteiger partial charge in [-0.15, -0.1) is 0 Å². The first-order valence-electron chi connectivity index (χ1n) is 9.50. The normalized spacial score (nSPS) is 11.0. The van der Waals surface area contributed by atoms with Crippen LogP contribution in [0.3, 0.4) is 0 Å². The standard InChI is InChI=1S/C22H21ClFN3O3S/c23-21-12-11-19(31(29,30)27-18-9-7-16(24)8-10-18)15-20(21)22(28)26-14-4-13-25-17-5-2-1-3-6-17/h1-3,5-12,15,25,27H,4,13-14H2,(H,26,28). The molecule has 0 radical (unpaired) electrons. The zero-order valence-corrected chi connectivity index (χ0v) is 18.0. The maximum atomic E-state index is 13.0. The van der Waals surface area contributed by atoms with Crippen LogP contribution in [0.1, 0.15) is 16.8 Å². The van der Waals surface area contributed by atoms with Gasteiger partial charge in [0.1, 0.15) is 5.82 Å². The highest BCUT2D eigenvalue weighted by Gasteiger charge is 2.19. The number of benzene rings is 3. The van der Waals surface area contributed by atoms with E-state index in [0.717, 1.165) is 17.8 Å². The van der Waals surface area contributed by atoms with Crippen molar-refractivity contribution < 1.29 is 17.6 Å². The number of anilines is 2. The molecule has 0 unspecified atom stereocenters. The first-order chi connectivity index (χ1) is 14.8. The van der Waals surface area contributed by atoms with E-state index in [1.165, 1.54) is 30.3 Å². The van der Waals surface area contributed by atoms with Gasteiger partial charge in [-0.1, -0.05) is 29.8 Å². The number of sulfonamides is 1. The van der Waals surface area contributed by atoms with Crippen LogP contribution in [0.5, 0.6) is 0 Å².